The van der Waals surface area contributed by atoms with E-state index in [4.69, 9.17) is 0 Å². The molecular formula is C19H19IN2O. The molecule has 1 aliphatic heterocycles. The first kappa shape index (κ1) is 16.3. The molecule has 0 unspecified atom stereocenters. The van der Waals surface area contributed by atoms with Crippen molar-refractivity contribution in [2.24, 2.45) is 5.41 Å². The highest BCUT2D eigenvalue weighted by Gasteiger charge is 2.40. The van der Waals surface area contributed by atoms with Crippen molar-refractivity contribution in [1.29, 1.82) is 5.26 Å². The summed E-state index contributed by atoms with van der Waals surface area (Å²) in [6.45, 7) is 6.17. The molecule has 1 aliphatic carbocycles. The van der Waals surface area contributed by atoms with Crippen LogP contribution in [0.5, 0.6) is 0 Å². The normalized spacial score (nSPS) is 23.3. The van der Waals surface area contributed by atoms with Gasteiger partial charge in [0.2, 0.25) is 0 Å². The van der Waals surface area contributed by atoms with Gasteiger partial charge in [-0.3, -0.25) is 4.79 Å². The number of hydrogen-bond donors (Lipinski definition) is 1. The van der Waals surface area contributed by atoms with Crippen LogP contribution >= 0.6 is 22.6 Å². The maximum Gasteiger partial charge on any atom is 0.162 e. The zero-order valence-corrected chi connectivity index (χ0v) is 15.7. The number of hydrogen-bond acceptors (Lipinski definition) is 3. The van der Waals surface area contributed by atoms with E-state index in [2.05, 4.69) is 53.9 Å². The fourth-order valence-electron chi connectivity index (χ4n) is 3.60. The Morgan fingerprint density at radius 3 is 2.74 bits per heavy atom. The lowest BCUT2D eigenvalue weighted by molar-refractivity contribution is -0.118. The molecule has 1 aromatic carbocycles. The van der Waals surface area contributed by atoms with Crippen molar-refractivity contribution >= 4 is 28.4 Å². The summed E-state index contributed by atoms with van der Waals surface area (Å²) in [7, 11) is 0. The van der Waals surface area contributed by atoms with Crippen molar-refractivity contribution in [1.82, 2.24) is 5.32 Å². The number of rotatable bonds is 1. The fraction of sp³-hybridized carbons (Fsp3) is 0.368. The highest BCUT2D eigenvalue weighted by atomic mass is 127. The Balaban J connectivity index is 2.19. The van der Waals surface area contributed by atoms with Crippen molar-refractivity contribution in [3.8, 4) is 6.07 Å². The van der Waals surface area contributed by atoms with Gasteiger partial charge in [-0.25, -0.2) is 0 Å². The first-order valence-electron chi connectivity index (χ1n) is 7.72. The topological polar surface area (TPSA) is 52.9 Å². The number of benzene rings is 1. The molecule has 0 saturated carbocycles. The SMILES string of the molecule is CC1=C(C#N)[C@@H](c2cccc(I)c2)C2=C(CC(C)(C)CC2=O)N1. The Morgan fingerprint density at radius 1 is 1.35 bits per heavy atom. The largest absolute Gasteiger partial charge is 0.361 e. The number of dihydropyridines is 1. The van der Waals surface area contributed by atoms with E-state index < -0.39 is 0 Å². The molecule has 23 heavy (non-hydrogen) atoms. The fourth-order valence-corrected chi connectivity index (χ4v) is 4.17. The van der Waals surface area contributed by atoms with E-state index in [0.29, 0.717) is 12.0 Å². The average molecular weight is 418 g/mol. The maximum atomic E-state index is 12.8. The molecule has 0 bridgehead atoms. The second-order valence-corrected chi connectivity index (χ2v) is 8.34. The molecule has 1 aromatic rings. The van der Waals surface area contributed by atoms with Gasteiger partial charge in [-0.1, -0.05) is 26.0 Å². The van der Waals surface area contributed by atoms with Crippen LogP contribution in [-0.2, 0) is 4.79 Å². The van der Waals surface area contributed by atoms with Crippen LogP contribution in [0, 0.1) is 20.3 Å². The Morgan fingerprint density at radius 2 is 2.09 bits per heavy atom. The van der Waals surface area contributed by atoms with Crippen molar-refractivity contribution in [3.63, 3.8) is 0 Å². The number of carbonyl (C=O) groups is 1. The third-order valence-corrected chi connectivity index (χ3v) is 5.21. The van der Waals surface area contributed by atoms with Crippen molar-refractivity contribution in [3.05, 3.63) is 55.9 Å². The standard InChI is InChI=1S/C19H19IN2O/c1-11-14(10-21)17(12-5-4-6-13(20)7-12)18-15(22-11)8-19(2,3)9-16(18)23/h4-7,17,22H,8-9H2,1-3H3/t17-/m1/s1. The molecule has 3 nitrogen and oxygen atoms in total. The van der Waals surface area contributed by atoms with Gasteiger partial charge in [0.25, 0.3) is 0 Å². The van der Waals surface area contributed by atoms with Crippen molar-refractivity contribution < 1.29 is 4.79 Å². The molecule has 4 heteroatoms. The average Bonchev–Trinajstić information content (AvgIpc) is 2.44. The highest BCUT2D eigenvalue weighted by molar-refractivity contribution is 14.1. The minimum Gasteiger partial charge on any atom is -0.361 e. The molecule has 118 valence electrons. The van der Waals surface area contributed by atoms with E-state index in [-0.39, 0.29) is 17.1 Å². The third-order valence-electron chi connectivity index (χ3n) is 4.54. The van der Waals surface area contributed by atoms with Gasteiger partial charge in [0.05, 0.1) is 17.6 Å². The van der Waals surface area contributed by atoms with Gasteiger partial charge in [0.1, 0.15) is 0 Å². The highest BCUT2D eigenvalue weighted by Crippen LogP contribution is 2.46. The number of allylic oxidation sites excluding steroid dienone is 4. The van der Waals surface area contributed by atoms with Crippen LogP contribution in [0.4, 0.5) is 0 Å². The van der Waals surface area contributed by atoms with Crippen LogP contribution in [0.1, 0.15) is 45.1 Å². The van der Waals surface area contributed by atoms with Crippen LogP contribution in [-0.4, -0.2) is 5.78 Å². The number of nitrogens with zero attached hydrogens (tertiary/aromatic N) is 1. The lowest BCUT2D eigenvalue weighted by atomic mass is 9.69. The summed E-state index contributed by atoms with van der Waals surface area (Å²) in [6, 6.07) is 10.4. The summed E-state index contributed by atoms with van der Waals surface area (Å²) in [6.07, 6.45) is 1.37. The second kappa shape index (κ2) is 5.79. The number of halogens is 1. The van der Waals surface area contributed by atoms with E-state index in [1.165, 1.54) is 0 Å². The monoisotopic (exact) mass is 418 g/mol. The van der Waals surface area contributed by atoms with Crippen LogP contribution in [0.3, 0.4) is 0 Å². The van der Waals surface area contributed by atoms with Gasteiger partial charge in [-0.15, -0.1) is 0 Å². The van der Waals surface area contributed by atoms with Gasteiger partial charge in [0.15, 0.2) is 5.78 Å². The molecule has 0 spiro atoms. The summed E-state index contributed by atoms with van der Waals surface area (Å²) in [5, 5.41) is 13.0. The third kappa shape index (κ3) is 2.94. The lowest BCUT2D eigenvalue weighted by Crippen LogP contribution is -2.36. The molecule has 3 rings (SSSR count). The van der Waals surface area contributed by atoms with Gasteiger partial charge in [-0.05, 0) is 59.0 Å². The van der Waals surface area contributed by atoms with E-state index >= 15 is 0 Å². The number of ketones is 1. The molecule has 1 atom stereocenters. The van der Waals surface area contributed by atoms with Gasteiger partial charge < -0.3 is 5.32 Å². The molecule has 0 fully saturated rings. The molecule has 2 aliphatic rings. The Hall–Kier alpha value is -1.61. The van der Waals surface area contributed by atoms with E-state index in [0.717, 1.165) is 32.5 Å². The summed E-state index contributed by atoms with van der Waals surface area (Å²) in [5.74, 6) is -0.0811. The number of nitrogens with one attached hydrogen (secondary N) is 1. The minimum absolute atomic E-state index is 0.0387. The minimum atomic E-state index is -0.241. The molecule has 1 heterocycles. The molecule has 0 radical (unpaired) electrons. The maximum absolute atomic E-state index is 12.8. The Labute approximate surface area is 150 Å². The summed E-state index contributed by atoms with van der Waals surface area (Å²) in [4.78, 5) is 12.8. The molecule has 0 saturated heterocycles. The van der Waals surface area contributed by atoms with Crippen LogP contribution < -0.4 is 5.32 Å². The van der Waals surface area contributed by atoms with Gasteiger partial charge in [-0.2, -0.15) is 5.26 Å². The van der Waals surface area contributed by atoms with E-state index in [1.807, 2.05) is 25.1 Å². The smallest absolute Gasteiger partial charge is 0.162 e. The zero-order valence-electron chi connectivity index (χ0n) is 13.5. The molecule has 1 N–H and O–H groups in total. The predicted molar refractivity (Wildman–Crippen MR) is 98.4 cm³/mol. The van der Waals surface area contributed by atoms with Crippen molar-refractivity contribution in [2.45, 2.75) is 39.5 Å². The Kier molecular flexibility index (Phi) is 4.09. The Bertz CT molecular complexity index is 796. The summed E-state index contributed by atoms with van der Waals surface area (Å²) < 4.78 is 1.11. The molecule has 0 aromatic heterocycles. The summed E-state index contributed by atoms with van der Waals surface area (Å²) in [5.41, 5.74) is 4.28. The molecule has 0 amide bonds. The lowest BCUT2D eigenvalue weighted by Gasteiger charge is -2.38. The van der Waals surface area contributed by atoms with E-state index in [9.17, 15) is 10.1 Å². The van der Waals surface area contributed by atoms with Crippen molar-refractivity contribution in [2.75, 3.05) is 0 Å². The second-order valence-electron chi connectivity index (χ2n) is 7.10. The predicted octanol–water partition coefficient (Wildman–Crippen LogP) is 4.42. The quantitative estimate of drug-likeness (QED) is 0.688. The van der Waals surface area contributed by atoms with Crippen LogP contribution in [0.2, 0.25) is 0 Å². The molecular weight excluding hydrogens is 399 g/mol. The van der Waals surface area contributed by atoms with Crippen LogP contribution in [0.15, 0.2) is 46.8 Å². The number of Topliss-reactive ketones (excluding diaryl/α,β-unsaturated/α-hetero) is 1. The van der Waals surface area contributed by atoms with Gasteiger partial charge in [0, 0.05) is 27.0 Å². The first-order valence-corrected chi connectivity index (χ1v) is 8.80. The van der Waals surface area contributed by atoms with Gasteiger partial charge >= 0.3 is 0 Å². The number of nitriles is 1. The zero-order chi connectivity index (χ0) is 16.8. The summed E-state index contributed by atoms with van der Waals surface area (Å²) >= 11 is 2.27. The van der Waals surface area contributed by atoms with E-state index in [1.54, 1.807) is 0 Å². The van der Waals surface area contributed by atoms with Crippen LogP contribution in [0.25, 0.3) is 0 Å². The number of carbonyl (C=O) groups excluding carboxylic acids is 1. The first-order chi connectivity index (χ1) is 10.8.